The molecule has 0 aromatic rings. The molecule has 1 fully saturated rings. The quantitative estimate of drug-likeness (QED) is 0.0534. The molecule has 21 nitrogen and oxygen atoms in total. The van der Waals surface area contributed by atoms with Crippen LogP contribution < -0.4 is 43.8 Å². The Balaban J connectivity index is 3.19. The normalized spacial score (nSPS) is 18.0. The number of amides is 8. The van der Waals surface area contributed by atoms with Crippen LogP contribution in [0.2, 0.25) is 0 Å². The Bertz CT molecular complexity index is 1390. The van der Waals surface area contributed by atoms with E-state index in [9.17, 15) is 58.2 Å². The van der Waals surface area contributed by atoms with Crippen molar-refractivity contribution in [3.63, 3.8) is 0 Å². The summed E-state index contributed by atoms with van der Waals surface area (Å²) in [5.74, 6) is -11.3. The highest BCUT2D eigenvalue weighted by atomic mass is 16.4. The van der Waals surface area contributed by atoms with Crippen LogP contribution in [0.4, 0.5) is 0 Å². The largest absolute Gasteiger partial charge is 0.481 e. The van der Waals surface area contributed by atoms with Gasteiger partial charge in [0, 0.05) is 6.54 Å². The molecule has 0 aromatic carbocycles. The Labute approximate surface area is 299 Å². The van der Waals surface area contributed by atoms with Crippen molar-refractivity contribution >= 4 is 59.2 Å². The van der Waals surface area contributed by atoms with E-state index >= 15 is 0 Å². The second kappa shape index (κ2) is 20.5. The molecule has 1 heterocycles. The number of aliphatic carboxylic acids is 2. The van der Waals surface area contributed by atoms with Gasteiger partial charge in [-0.1, -0.05) is 34.1 Å². The van der Waals surface area contributed by atoms with Crippen molar-refractivity contribution in [1.82, 2.24) is 31.5 Å². The van der Waals surface area contributed by atoms with E-state index in [-0.39, 0.29) is 19.4 Å². The number of nitrogens with one attached hydrogen (secondary N) is 5. The molecular formula is C31H51N9O12. The maximum absolute atomic E-state index is 13.7. The van der Waals surface area contributed by atoms with Crippen LogP contribution in [0.5, 0.6) is 0 Å². The van der Waals surface area contributed by atoms with Gasteiger partial charge in [0.25, 0.3) is 0 Å². The Morgan fingerprint density at radius 2 is 1.29 bits per heavy atom. The fourth-order valence-corrected chi connectivity index (χ4v) is 5.26. The number of hydrogen-bond donors (Lipinski definition) is 10. The van der Waals surface area contributed by atoms with Crippen LogP contribution in [0.1, 0.15) is 73.1 Å². The number of carbonyl (C=O) groups is 10. The summed E-state index contributed by atoms with van der Waals surface area (Å²) in [6, 6.07) is -9.90. The predicted molar refractivity (Wildman–Crippen MR) is 180 cm³/mol. The Morgan fingerprint density at radius 3 is 1.79 bits per heavy atom. The summed E-state index contributed by atoms with van der Waals surface area (Å²) >= 11 is 0. The minimum atomic E-state index is -1.72. The second-order valence-corrected chi connectivity index (χ2v) is 13.0. The number of carboxylic acid groups (broad SMARTS) is 2. The van der Waals surface area contributed by atoms with Crippen LogP contribution in [0.25, 0.3) is 0 Å². The maximum atomic E-state index is 13.7. The average Bonchev–Trinajstić information content (AvgIpc) is 3.53. The van der Waals surface area contributed by atoms with Crippen LogP contribution in [-0.4, -0.2) is 123 Å². The zero-order valence-corrected chi connectivity index (χ0v) is 29.8. The lowest BCUT2D eigenvalue weighted by atomic mass is 9.97. The molecule has 292 valence electrons. The second-order valence-electron chi connectivity index (χ2n) is 13.0. The lowest BCUT2D eigenvalue weighted by Gasteiger charge is -2.31. The highest BCUT2D eigenvalue weighted by Gasteiger charge is 2.41. The average molecular weight is 742 g/mol. The zero-order chi connectivity index (χ0) is 40.0. The van der Waals surface area contributed by atoms with Gasteiger partial charge >= 0.3 is 11.9 Å². The van der Waals surface area contributed by atoms with E-state index in [2.05, 4.69) is 26.6 Å². The molecule has 1 rings (SSSR count). The first-order valence-corrected chi connectivity index (χ1v) is 16.7. The number of carbonyl (C=O) groups excluding carboxylic acids is 8. The topological polar surface area (TPSA) is 353 Å². The van der Waals surface area contributed by atoms with Gasteiger partial charge in [-0.3, -0.25) is 43.2 Å². The van der Waals surface area contributed by atoms with Crippen molar-refractivity contribution in [2.75, 3.05) is 6.54 Å². The fraction of sp³-hybridized carbons (Fsp3) is 0.677. The van der Waals surface area contributed by atoms with Gasteiger partial charge in [-0.25, -0.2) is 4.79 Å². The molecule has 1 aliphatic rings. The maximum Gasteiger partial charge on any atom is 0.326 e. The molecule has 1 saturated heterocycles. The van der Waals surface area contributed by atoms with Crippen molar-refractivity contribution in [1.29, 1.82) is 0 Å². The summed E-state index contributed by atoms with van der Waals surface area (Å²) in [6.45, 7) is 7.62. The number of hydrogen-bond acceptors (Lipinski definition) is 11. The molecular weight excluding hydrogens is 690 g/mol. The van der Waals surface area contributed by atoms with Crippen LogP contribution in [-0.2, 0) is 47.9 Å². The first-order valence-electron chi connectivity index (χ1n) is 16.7. The third-order valence-electron chi connectivity index (χ3n) is 8.40. The molecule has 0 bridgehead atoms. The number of carboxylic acids is 2. The molecule has 52 heavy (non-hydrogen) atoms. The Kier molecular flexibility index (Phi) is 17.6. The molecule has 0 aromatic heterocycles. The summed E-state index contributed by atoms with van der Waals surface area (Å²) in [5.41, 5.74) is 16.1. The van der Waals surface area contributed by atoms with E-state index in [1.165, 1.54) is 6.92 Å². The van der Waals surface area contributed by atoms with Gasteiger partial charge in [-0.05, 0) is 31.6 Å². The molecule has 1 aliphatic heterocycles. The monoisotopic (exact) mass is 741 g/mol. The fourth-order valence-electron chi connectivity index (χ4n) is 5.26. The van der Waals surface area contributed by atoms with E-state index in [0.29, 0.717) is 6.42 Å². The summed E-state index contributed by atoms with van der Waals surface area (Å²) in [5, 5.41) is 30.6. The predicted octanol–water partition coefficient (Wildman–Crippen LogP) is -4.24. The highest BCUT2D eigenvalue weighted by Crippen LogP contribution is 2.20. The number of nitrogens with zero attached hydrogens (tertiary/aromatic N) is 1. The van der Waals surface area contributed by atoms with Gasteiger partial charge < -0.3 is 58.9 Å². The molecule has 0 spiro atoms. The summed E-state index contributed by atoms with van der Waals surface area (Å²) in [6.07, 6.45) is -1.50. The van der Waals surface area contributed by atoms with E-state index in [1.54, 1.807) is 27.7 Å². The van der Waals surface area contributed by atoms with Gasteiger partial charge in [0.05, 0.1) is 25.3 Å². The SMILES string of the molecule is CCC(C)C(NC(=O)C(N)CC(N)=O)C(=O)NC(CC(=O)O)C(=O)N1CCCC1C(=O)NC(CC(N)=O)C(=O)NC(C)C(=O)NC(C(=O)O)C(C)C. The number of rotatable bonds is 21. The van der Waals surface area contributed by atoms with Crippen LogP contribution in [0, 0.1) is 11.8 Å². The van der Waals surface area contributed by atoms with Crippen molar-refractivity contribution in [2.24, 2.45) is 29.0 Å². The summed E-state index contributed by atoms with van der Waals surface area (Å²) in [4.78, 5) is 126. The first kappa shape index (κ1) is 44.7. The van der Waals surface area contributed by atoms with Gasteiger partial charge in [0.15, 0.2) is 0 Å². The number of primary amides is 2. The third kappa shape index (κ3) is 13.8. The van der Waals surface area contributed by atoms with Gasteiger partial charge in [0.2, 0.25) is 47.3 Å². The van der Waals surface area contributed by atoms with Crippen LogP contribution in [0.15, 0.2) is 0 Å². The molecule has 8 amide bonds. The zero-order valence-electron chi connectivity index (χ0n) is 29.8. The number of likely N-dealkylation sites (tertiary alicyclic amines) is 1. The minimum Gasteiger partial charge on any atom is -0.481 e. The van der Waals surface area contributed by atoms with Gasteiger partial charge in [-0.15, -0.1) is 0 Å². The number of nitrogens with two attached hydrogens (primary N) is 3. The first-order chi connectivity index (χ1) is 24.1. The van der Waals surface area contributed by atoms with E-state index in [0.717, 1.165) is 4.90 Å². The Hall–Kier alpha value is -5.34. The van der Waals surface area contributed by atoms with Crippen molar-refractivity contribution < 1.29 is 58.2 Å². The third-order valence-corrected chi connectivity index (χ3v) is 8.40. The summed E-state index contributed by atoms with van der Waals surface area (Å²) < 4.78 is 0. The molecule has 8 unspecified atom stereocenters. The van der Waals surface area contributed by atoms with Crippen LogP contribution in [0.3, 0.4) is 0 Å². The van der Waals surface area contributed by atoms with Crippen molar-refractivity contribution in [2.45, 2.75) is 115 Å². The van der Waals surface area contributed by atoms with Crippen LogP contribution >= 0.6 is 0 Å². The molecule has 8 atom stereocenters. The molecule has 0 radical (unpaired) electrons. The van der Waals surface area contributed by atoms with E-state index < -0.39 is 133 Å². The standard InChI is InChI=1S/C31H51N9O12/c1-6-14(4)24(39-26(46)16(32)10-20(33)41)29(49)37-18(12-22(43)44)30(50)40-9-7-8-19(40)28(48)36-17(11-21(34)42)27(47)35-15(5)25(45)38-23(13(2)3)31(51)52/h13-19,23-24H,6-12,32H2,1-5H3,(H2,33,41)(H2,34,42)(H,35,47)(H,36,48)(H,37,49)(H,38,45)(H,39,46)(H,43,44)(H,51,52). The van der Waals surface area contributed by atoms with E-state index in [1.807, 2.05) is 0 Å². The van der Waals surface area contributed by atoms with Crippen molar-refractivity contribution in [3.8, 4) is 0 Å². The molecule has 0 saturated carbocycles. The molecule has 13 N–H and O–H groups in total. The lowest BCUT2D eigenvalue weighted by Crippen LogP contribution is -2.60. The van der Waals surface area contributed by atoms with Crippen molar-refractivity contribution in [3.05, 3.63) is 0 Å². The minimum absolute atomic E-state index is 0.0457. The van der Waals surface area contributed by atoms with E-state index in [4.69, 9.17) is 17.2 Å². The van der Waals surface area contributed by atoms with Gasteiger partial charge in [0.1, 0.15) is 36.3 Å². The molecule has 21 heteroatoms. The van der Waals surface area contributed by atoms with Gasteiger partial charge in [-0.2, -0.15) is 0 Å². The lowest BCUT2D eigenvalue weighted by molar-refractivity contribution is -0.146. The summed E-state index contributed by atoms with van der Waals surface area (Å²) in [7, 11) is 0. The molecule has 0 aliphatic carbocycles. The smallest absolute Gasteiger partial charge is 0.326 e. The highest BCUT2D eigenvalue weighted by molar-refractivity contribution is 5.99. The Morgan fingerprint density at radius 1 is 0.712 bits per heavy atom.